The van der Waals surface area contributed by atoms with Crippen molar-refractivity contribution in [1.82, 2.24) is 0 Å². The zero-order valence-corrected chi connectivity index (χ0v) is 8.02. The molecular weight excluding hydrogens is 152 g/mol. The molecule has 2 nitrogen and oxygen atoms in total. The molecule has 0 saturated carbocycles. The van der Waals surface area contributed by atoms with Gasteiger partial charge in [-0.2, -0.15) is 0 Å². The monoisotopic (exact) mass is 168 g/mol. The van der Waals surface area contributed by atoms with Crippen molar-refractivity contribution in [2.24, 2.45) is 5.41 Å². The Balaban J connectivity index is 4.39. The third-order valence-electron chi connectivity index (χ3n) is 1.83. The van der Waals surface area contributed by atoms with Crippen LogP contribution in [0.3, 0.4) is 0 Å². The highest BCUT2D eigenvalue weighted by molar-refractivity contribution is 6.39. The summed E-state index contributed by atoms with van der Waals surface area (Å²) in [5, 5.41) is 0. The van der Waals surface area contributed by atoms with E-state index in [4.69, 9.17) is 0 Å². The van der Waals surface area contributed by atoms with Crippen molar-refractivity contribution in [2.45, 2.75) is 33.6 Å². The van der Waals surface area contributed by atoms with Crippen LogP contribution in [0.15, 0.2) is 12.7 Å². The van der Waals surface area contributed by atoms with Crippen LogP contribution in [0.25, 0.3) is 0 Å². The lowest BCUT2D eigenvalue weighted by Gasteiger charge is -2.16. The fourth-order valence-corrected chi connectivity index (χ4v) is 0.793. The molecule has 0 spiro atoms. The van der Waals surface area contributed by atoms with Gasteiger partial charge < -0.3 is 0 Å². The van der Waals surface area contributed by atoms with Crippen molar-refractivity contribution in [3.05, 3.63) is 12.7 Å². The normalized spacial score (nSPS) is 10.9. The van der Waals surface area contributed by atoms with Crippen LogP contribution in [0.4, 0.5) is 0 Å². The predicted molar refractivity (Wildman–Crippen MR) is 48.9 cm³/mol. The van der Waals surface area contributed by atoms with Gasteiger partial charge in [0.2, 0.25) is 5.78 Å². The quantitative estimate of drug-likeness (QED) is 0.465. The first-order valence-corrected chi connectivity index (χ1v) is 4.17. The minimum atomic E-state index is -0.702. The smallest absolute Gasteiger partial charge is 0.207 e. The molecule has 0 heterocycles. The van der Waals surface area contributed by atoms with E-state index in [1.807, 2.05) is 6.92 Å². The van der Waals surface area contributed by atoms with Crippen LogP contribution in [-0.2, 0) is 9.59 Å². The van der Waals surface area contributed by atoms with Gasteiger partial charge in [-0.25, -0.2) is 0 Å². The number of hydrogen-bond acceptors (Lipinski definition) is 2. The summed E-state index contributed by atoms with van der Waals surface area (Å²) in [6.07, 6.45) is 2.58. The van der Waals surface area contributed by atoms with Crippen molar-refractivity contribution in [3.8, 4) is 0 Å². The largest absolute Gasteiger partial charge is 0.291 e. The summed E-state index contributed by atoms with van der Waals surface area (Å²) in [7, 11) is 0. The van der Waals surface area contributed by atoms with Crippen LogP contribution >= 0.6 is 0 Å². The maximum Gasteiger partial charge on any atom is 0.207 e. The molecule has 0 N–H and O–H groups in total. The van der Waals surface area contributed by atoms with Crippen LogP contribution in [0.1, 0.15) is 33.6 Å². The van der Waals surface area contributed by atoms with Gasteiger partial charge in [-0.15, -0.1) is 6.58 Å². The van der Waals surface area contributed by atoms with E-state index in [0.717, 1.165) is 6.42 Å². The maximum absolute atomic E-state index is 11.4. The minimum Gasteiger partial charge on any atom is -0.291 e. The molecule has 12 heavy (non-hydrogen) atoms. The summed E-state index contributed by atoms with van der Waals surface area (Å²) in [5.41, 5.74) is -0.702. The summed E-state index contributed by atoms with van der Waals surface area (Å²) in [5.74, 6) is -0.623. The van der Waals surface area contributed by atoms with Crippen LogP contribution < -0.4 is 0 Å². The van der Waals surface area contributed by atoms with E-state index in [9.17, 15) is 9.59 Å². The number of hydrogen-bond donors (Lipinski definition) is 0. The zero-order valence-electron chi connectivity index (χ0n) is 8.02. The molecule has 0 atom stereocenters. The van der Waals surface area contributed by atoms with Crippen molar-refractivity contribution in [2.75, 3.05) is 0 Å². The second-order valence-corrected chi connectivity index (χ2v) is 3.43. The molecule has 0 amide bonds. The van der Waals surface area contributed by atoms with Crippen molar-refractivity contribution < 1.29 is 9.59 Å². The first-order valence-electron chi connectivity index (χ1n) is 4.17. The van der Waals surface area contributed by atoms with Gasteiger partial charge in [0.05, 0.1) is 0 Å². The highest BCUT2D eigenvalue weighted by Gasteiger charge is 2.28. The number of carbonyl (C=O) groups is 2. The standard InChI is InChI=1S/C10H16O2/c1-5-7-8(11)9(12)10(3,4)6-2/h6H,2,5,7H2,1,3-4H3. The van der Waals surface area contributed by atoms with Gasteiger partial charge in [-0.3, -0.25) is 9.59 Å². The Morgan fingerprint density at radius 3 is 2.25 bits per heavy atom. The Hall–Kier alpha value is -0.920. The van der Waals surface area contributed by atoms with Crippen molar-refractivity contribution in [1.29, 1.82) is 0 Å². The molecule has 0 aromatic heterocycles. The number of carbonyl (C=O) groups excluding carboxylic acids is 2. The van der Waals surface area contributed by atoms with Crippen LogP contribution in [0.5, 0.6) is 0 Å². The van der Waals surface area contributed by atoms with Gasteiger partial charge in [0.25, 0.3) is 0 Å². The number of rotatable bonds is 5. The van der Waals surface area contributed by atoms with Gasteiger partial charge in [0, 0.05) is 11.8 Å². The van der Waals surface area contributed by atoms with Gasteiger partial charge >= 0.3 is 0 Å². The topological polar surface area (TPSA) is 34.1 Å². The SMILES string of the molecule is C=CC(C)(C)C(=O)C(=O)CCC. The molecule has 0 rings (SSSR count). The maximum atomic E-state index is 11.4. The van der Waals surface area contributed by atoms with Crippen LogP contribution in [-0.4, -0.2) is 11.6 Å². The van der Waals surface area contributed by atoms with Gasteiger partial charge in [0.1, 0.15) is 0 Å². The average Bonchev–Trinajstić information content (AvgIpc) is 2.03. The van der Waals surface area contributed by atoms with Crippen molar-refractivity contribution in [3.63, 3.8) is 0 Å². The third kappa shape index (κ3) is 2.61. The third-order valence-corrected chi connectivity index (χ3v) is 1.83. The lowest BCUT2D eigenvalue weighted by molar-refractivity contribution is -0.140. The Morgan fingerprint density at radius 1 is 1.42 bits per heavy atom. The Bertz CT molecular complexity index is 202. The Morgan fingerprint density at radius 2 is 1.92 bits per heavy atom. The second kappa shape index (κ2) is 4.19. The van der Waals surface area contributed by atoms with E-state index in [1.165, 1.54) is 6.08 Å². The van der Waals surface area contributed by atoms with Crippen LogP contribution in [0, 0.1) is 5.41 Å². The molecule has 0 aromatic carbocycles. The fourth-order valence-electron chi connectivity index (χ4n) is 0.793. The molecule has 0 aliphatic heterocycles. The Kier molecular flexibility index (Phi) is 3.87. The van der Waals surface area contributed by atoms with Gasteiger partial charge in [0.15, 0.2) is 5.78 Å². The lowest BCUT2D eigenvalue weighted by Crippen LogP contribution is -2.29. The van der Waals surface area contributed by atoms with E-state index in [-0.39, 0.29) is 11.6 Å². The molecule has 0 unspecified atom stereocenters. The highest BCUT2D eigenvalue weighted by Crippen LogP contribution is 2.18. The fraction of sp³-hybridized carbons (Fsp3) is 0.600. The first kappa shape index (κ1) is 11.1. The Labute approximate surface area is 73.7 Å². The van der Waals surface area contributed by atoms with Gasteiger partial charge in [-0.05, 0) is 20.3 Å². The highest BCUT2D eigenvalue weighted by atomic mass is 16.2. The van der Waals surface area contributed by atoms with E-state index in [2.05, 4.69) is 6.58 Å². The number of ketones is 2. The molecular formula is C10H16O2. The average molecular weight is 168 g/mol. The molecule has 0 aliphatic rings. The van der Waals surface area contributed by atoms with Crippen LogP contribution in [0.2, 0.25) is 0 Å². The number of allylic oxidation sites excluding steroid dienone is 1. The molecule has 0 aromatic rings. The minimum absolute atomic E-state index is 0.289. The summed E-state index contributed by atoms with van der Waals surface area (Å²) < 4.78 is 0. The molecule has 0 fully saturated rings. The molecule has 0 bridgehead atoms. The predicted octanol–water partition coefficient (Wildman–Crippen LogP) is 2.14. The van der Waals surface area contributed by atoms with E-state index in [1.54, 1.807) is 13.8 Å². The molecule has 0 saturated heterocycles. The summed E-state index contributed by atoms with van der Waals surface area (Å²) in [6.45, 7) is 8.81. The summed E-state index contributed by atoms with van der Waals surface area (Å²) >= 11 is 0. The van der Waals surface area contributed by atoms with E-state index in [0.29, 0.717) is 6.42 Å². The zero-order chi connectivity index (χ0) is 9.78. The summed E-state index contributed by atoms with van der Waals surface area (Å²) in [4.78, 5) is 22.5. The molecule has 0 aliphatic carbocycles. The molecule has 0 radical (unpaired) electrons. The van der Waals surface area contributed by atoms with E-state index >= 15 is 0 Å². The second-order valence-electron chi connectivity index (χ2n) is 3.43. The molecule has 68 valence electrons. The van der Waals surface area contributed by atoms with Crippen molar-refractivity contribution >= 4 is 11.6 Å². The lowest BCUT2D eigenvalue weighted by atomic mass is 9.85. The molecule has 2 heteroatoms. The van der Waals surface area contributed by atoms with E-state index < -0.39 is 5.41 Å². The first-order chi connectivity index (χ1) is 5.45. The summed E-state index contributed by atoms with van der Waals surface area (Å²) in [6, 6.07) is 0. The van der Waals surface area contributed by atoms with Gasteiger partial charge in [-0.1, -0.05) is 13.0 Å². The number of Topliss-reactive ketones (excluding diaryl/α,β-unsaturated/α-hetero) is 2.